The molecule has 1 amide bonds. The highest BCUT2D eigenvalue weighted by Crippen LogP contribution is 2.42. The first-order valence-electron chi connectivity index (χ1n) is 10.5. The molecular weight excluding hydrogens is 366 g/mol. The van der Waals surface area contributed by atoms with Gasteiger partial charge in [-0.2, -0.15) is 0 Å². The van der Waals surface area contributed by atoms with Crippen molar-refractivity contribution in [3.63, 3.8) is 0 Å². The average molecular weight is 398 g/mol. The van der Waals surface area contributed by atoms with E-state index in [4.69, 9.17) is 4.98 Å². The van der Waals surface area contributed by atoms with Crippen LogP contribution in [0.15, 0.2) is 35.7 Å². The van der Waals surface area contributed by atoms with Crippen molar-refractivity contribution < 1.29 is 4.79 Å². The summed E-state index contributed by atoms with van der Waals surface area (Å²) in [4.78, 5) is 22.3. The maximum absolute atomic E-state index is 13.0. The Morgan fingerprint density at radius 2 is 1.93 bits per heavy atom. The van der Waals surface area contributed by atoms with Crippen LogP contribution in [-0.2, 0) is 10.2 Å². The van der Waals surface area contributed by atoms with Crippen LogP contribution in [0.3, 0.4) is 0 Å². The fourth-order valence-corrected chi connectivity index (χ4v) is 5.62. The van der Waals surface area contributed by atoms with Crippen molar-refractivity contribution in [2.75, 3.05) is 26.7 Å². The van der Waals surface area contributed by atoms with Crippen LogP contribution in [-0.4, -0.2) is 53.4 Å². The summed E-state index contributed by atoms with van der Waals surface area (Å²) in [6.45, 7) is 4.84. The van der Waals surface area contributed by atoms with Crippen LogP contribution in [0.1, 0.15) is 54.8 Å². The number of piperidine rings is 2. The van der Waals surface area contributed by atoms with Crippen LogP contribution in [0, 0.1) is 6.92 Å². The zero-order chi connectivity index (χ0) is 19.6. The minimum absolute atomic E-state index is 0.0650. The van der Waals surface area contributed by atoms with Crippen LogP contribution in [0.5, 0.6) is 0 Å². The number of amides is 1. The Bertz CT molecular complexity index is 795. The van der Waals surface area contributed by atoms with Gasteiger partial charge in [0, 0.05) is 36.3 Å². The minimum Gasteiger partial charge on any atom is -0.343 e. The number of aromatic nitrogens is 1. The molecule has 150 valence electrons. The number of aryl methyl sites for hydroxylation is 1. The number of benzene rings is 1. The number of thiazole rings is 1. The molecule has 1 atom stereocenters. The molecule has 0 bridgehead atoms. The summed E-state index contributed by atoms with van der Waals surface area (Å²) in [5.74, 6) is 0.329. The third-order valence-electron chi connectivity index (χ3n) is 6.74. The normalized spacial score (nSPS) is 22.9. The summed E-state index contributed by atoms with van der Waals surface area (Å²) in [6.07, 6.45) is 6.24. The predicted molar refractivity (Wildman–Crippen MR) is 115 cm³/mol. The molecule has 2 aliphatic rings. The number of hydrogen-bond donors (Lipinski definition) is 0. The Morgan fingerprint density at radius 1 is 1.18 bits per heavy atom. The maximum Gasteiger partial charge on any atom is 0.224 e. The van der Waals surface area contributed by atoms with Crippen LogP contribution < -0.4 is 0 Å². The van der Waals surface area contributed by atoms with Crippen molar-refractivity contribution in [2.24, 2.45) is 0 Å². The molecule has 1 aromatic heterocycles. The second kappa shape index (κ2) is 8.34. The number of carbonyl (C=O) groups is 1. The highest BCUT2D eigenvalue weighted by molar-refractivity contribution is 7.09. The van der Waals surface area contributed by atoms with E-state index >= 15 is 0 Å². The van der Waals surface area contributed by atoms with Gasteiger partial charge in [-0.05, 0) is 51.8 Å². The lowest BCUT2D eigenvalue weighted by Gasteiger charge is -2.42. The predicted octanol–water partition coefficient (Wildman–Crippen LogP) is 4.23. The first kappa shape index (κ1) is 19.6. The summed E-state index contributed by atoms with van der Waals surface area (Å²) >= 11 is 1.72. The molecule has 2 aliphatic heterocycles. The molecule has 0 saturated carbocycles. The van der Waals surface area contributed by atoms with Gasteiger partial charge in [0.05, 0.1) is 10.7 Å². The van der Waals surface area contributed by atoms with E-state index in [0.717, 1.165) is 43.9 Å². The molecule has 3 heterocycles. The van der Waals surface area contributed by atoms with Gasteiger partial charge in [-0.3, -0.25) is 4.79 Å². The molecule has 4 nitrogen and oxygen atoms in total. The molecule has 0 radical (unpaired) electrons. The lowest BCUT2D eigenvalue weighted by Crippen LogP contribution is -2.48. The number of rotatable bonds is 4. The van der Waals surface area contributed by atoms with Gasteiger partial charge in [-0.25, -0.2) is 4.98 Å². The molecule has 1 unspecified atom stereocenters. The van der Waals surface area contributed by atoms with Crippen molar-refractivity contribution >= 4 is 17.2 Å². The van der Waals surface area contributed by atoms with E-state index in [0.29, 0.717) is 18.4 Å². The number of hydrogen-bond acceptors (Lipinski definition) is 4. The Morgan fingerprint density at radius 3 is 2.57 bits per heavy atom. The molecule has 2 aromatic rings. The van der Waals surface area contributed by atoms with E-state index < -0.39 is 0 Å². The van der Waals surface area contributed by atoms with Crippen molar-refractivity contribution in [1.82, 2.24) is 14.8 Å². The van der Waals surface area contributed by atoms with Gasteiger partial charge in [0.2, 0.25) is 5.91 Å². The molecule has 2 saturated heterocycles. The summed E-state index contributed by atoms with van der Waals surface area (Å²) in [6, 6.07) is 11.2. The summed E-state index contributed by atoms with van der Waals surface area (Å²) in [5.41, 5.74) is 2.45. The SMILES string of the molecule is Cc1nc(C2(c3ccccc3)CCN(C(=O)CC3CCCCN3C)CC2)cs1. The number of nitrogens with zero attached hydrogens (tertiary/aromatic N) is 3. The Labute approximate surface area is 172 Å². The molecular formula is C23H31N3OS. The third kappa shape index (κ3) is 3.87. The first-order chi connectivity index (χ1) is 13.6. The van der Waals surface area contributed by atoms with Gasteiger partial charge in [-0.1, -0.05) is 36.8 Å². The van der Waals surface area contributed by atoms with Gasteiger partial charge in [-0.15, -0.1) is 11.3 Å². The van der Waals surface area contributed by atoms with E-state index in [-0.39, 0.29) is 5.41 Å². The second-order valence-corrected chi connectivity index (χ2v) is 9.48. The third-order valence-corrected chi connectivity index (χ3v) is 7.51. The lowest BCUT2D eigenvalue weighted by atomic mass is 9.70. The molecule has 28 heavy (non-hydrogen) atoms. The average Bonchev–Trinajstić information content (AvgIpc) is 3.17. The highest BCUT2D eigenvalue weighted by atomic mass is 32.1. The Kier molecular flexibility index (Phi) is 5.83. The Balaban J connectivity index is 1.49. The van der Waals surface area contributed by atoms with E-state index in [1.165, 1.54) is 24.1 Å². The van der Waals surface area contributed by atoms with Crippen LogP contribution >= 0.6 is 11.3 Å². The van der Waals surface area contributed by atoms with E-state index in [1.54, 1.807) is 11.3 Å². The van der Waals surface area contributed by atoms with E-state index in [9.17, 15) is 4.79 Å². The first-order valence-corrected chi connectivity index (χ1v) is 11.4. The number of carbonyl (C=O) groups excluding carboxylic acids is 1. The van der Waals surface area contributed by atoms with Gasteiger partial charge >= 0.3 is 0 Å². The molecule has 0 N–H and O–H groups in total. The summed E-state index contributed by atoms with van der Waals surface area (Å²) in [7, 11) is 2.16. The topological polar surface area (TPSA) is 36.4 Å². The smallest absolute Gasteiger partial charge is 0.224 e. The molecule has 0 spiro atoms. The fraction of sp³-hybridized carbons (Fsp3) is 0.565. The van der Waals surface area contributed by atoms with E-state index in [1.807, 2.05) is 0 Å². The van der Waals surface area contributed by atoms with Gasteiger partial charge < -0.3 is 9.80 Å². The van der Waals surface area contributed by atoms with Gasteiger partial charge in [0.15, 0.2) is 0 Å². The summed E-state index contributed by atoms with van der Waals surface area (Å²) < 4.78 is 0. The molecule has 2 fully saturated rings. The minimum atomic E-state index is -0.0650. The zero-order valence-electron chi connectivity index (χ0n) is 17.1. The zero-order valence-corrected chi connectivity index (χ0v) is 17.9. The van der Waals surface area contributed by atoms with E-state index in [2.05, 4.69) is 59.5 Å². The summed E-state index contributed by atoms with van der Waals surface area (Å²) in [5, 5.41) is 3.33. The van der Waals surface area contributed by atoms with Crippen molar-refractivity contribution in [1.29, 1.82) is 0 Å². The second-order valence-electron chi connectivity index (χ2n) is 8.42. The standard InChI is InChI=1S/C23H31N3OS/c1-18-24-21(17-28-18)23(19-8-4-3-5-9-19)11-14-26(15-12-23)22(27)16-20-10-6-7-13-25(20)2/h3-5,8-9,17,20H,6-7,10-16H2,1-2H3. The molecule has 4 rings (SSSR count). The monoisotopic (exact) mass is 397 g/mol. The fourth-order valence-electron chi connectivity index (χ4n) is 4.90. The van der Waals surface area contributed by atoms with Gasteiger partial charge in [0.25, 0.3) is 0 Å². The van der Waals surface area contributed by atoms with Crippen molar-refractivity contribution in [2.45, 2.75) is 56.9 Å². The lowest BCUT2D eigenvalue weighted by molar-refractivity contribution is -0.134. The molecule has 1 aromatic carbocycles. The van der Waals surface area contributed by atoms with Crippen molar-refractivity contribution in [3.8, 4) is 0 Å². The highest BCUT2D eigenvalue weighted by Gasteiger charge is 2.40. The maximum atomic E-state index is 13.0. The van der Waals surface area contributed by atoms with Crippen molar-refractivity contribution in [3.05, 3.63) is 52.0 Å². The Hall–Kier alpha value is -1.72. The number of likely N-dealkylation sites (tertiary alicyclic amines) is 2. The quantitative estimate of drug-likeness (QED) is 0.774. The van der Waals surface area contributed by atoms with Crippen LogP contribution in [0.25, 0.3) is 0 Å². The molecule has 5 heteroatoms. The van der Waals surface area contributed by atoms with Crippen LogP contribution in [0.4, 0.5) is 0 Å². The largest absolute Gasteiger partial charge is 0.343 e. The van der Waals surface area contributed by atoms with Crippen LogP contribution in [0.2, 0.25) is 0 Å². The molecule has 0 aliphatic carbocycles. The van der Waals surface area contributed by atoms with Gasteiger partial charge in [0.1, 0.15) is 0 Å².